The molecule has 1 heterocycles. The summed E-state index contributed by atoms with van der Waals surface area (Å²) in [5.41, 5.74) is -0.439. The first kappa shape index (κ1) is 12.8. The van der Waals surface area contributed by atoms with Gasteiger partial charge in [-0.05, 0) is 58.3 Å². The highest BCUT2D eigenvalue weighted by Gasteiger charge is 2.43. The zero-order valence-electron chi connectivity index (χ0n) is 10.7. The van der Waals surface area contributed by atoms with Gasteiger partial charge < -0.3 is 15.3 Å². The first-order valence-corrected chi connectivity index (χ1v) is 6.75. The standard InChI is InChI=1S/C13H24N2O2/c1-15-7-3-11(4-8-15)9-14-10-13(12(16)17)5-2-6-13/h11,14H,2-10H2,1H3,(H,16,17). The third-order valence-corrected chi connectivity index (χ3v) is 4.50. The molecule has 0 aromatic rings. The second-order valence-corrected chi connectivity index (χ2v) is 5.82. The zero-order chi connectivity index (χ0) is 12.3. The number of carbonyl (C=O) groups is 1. The minimum atomic E-state index is -0.611. The lowest BCUT2D eigenvalue weighted by atomic mass is 9.68. The number of likely N-dealkylation sites (tertiary alicyclic amines) is 1. The first-order valence-electron chi connectivity index (χ1n) is 6.75. The Labute approximate surface area is 103 Å². The van der Waals surface area contributed by atoms with Crippen molar-refractivity contribution in [1.82, 2.24) is 10.2 Å². The molecule has 0 atom stereocenters. The second kappa shape index (κ2) is 5.36. The second-order valence-electron chi connectivity index (χ2n) is 5.82. The SMILES string of the molecule is CN1CCC(CNCC2(C(=O)O)CCC2)CC1. The van der Waals surface area contributed by atoms with E-state index in [1.807, 2.05) is 0 Å². The topological polar surface area (TPSA) is 52.6 Å². The van der Waals surface area contributed by atoms with Crippen LogP contribution in [0.2, 0.25) is 0 Å². The van der Waals surface area contributed by atoms with Crippen LogP contribution in [0.3, 0.4) is 0 Å². The van der Waals surface area contributed by atoms with Crippen molar-refractivity contribution in [1.29, 1.82) is 0 Å². The third-order valence-electron chi connectivity index (χ3n) is 4.50. The summed E-state index contributed by atoms with van der Waals surface area (Å²) in [7, 11) is 2.16. The Morgan fingerprint density at radius 2 is 2.06 bits per heavy atom. The predicted octanol–water partition coefficient (Wildman–Crippen LogP) is 1.17. The molecule has 2 aliphatic rings. The van der Waals surface area contributed by atoms with Gasteiger partial charge in [-0.2, -0.15) is 0 Å². The van der Waals surface area contributed by atoms with Crippen LogP contribution in [-0.2, 0) is 4.79 Å². The maximum atomic E-state index is 11.2. The molecule has 98 valence electrons. The molecule has 1 aliphatic heterocycles. The number of aliphatic carboxylic acids is 1. The quantitative estimate of drug-likeness (QED) is 0.757. The number of hydrogen-bond acceptors (Lipinski definition) is 3. The molecule has 2 rings (SSSR count). The Bertz CT molecular complexity index is 269. The average Bonchev–Trinajstić information content (AvgIpc) is 2.24. The van der Waals surface area contributed by atoms with Gasteiger partial charge in [0.15, 0.2) is 0 Å². The van der Waals surface area contributed by atoms with Gasteiger partial charge in [-0.25, -0.2) is 0 Å². The smallest absolute Gasteiger partial charge is 0.310 e. The van der Waals surface area contributed by atoms with E-state index in [0.29, 0.717) is 6.54 Å². The fraction of sp³-hybridized carbons (Fsp3) is 0.923. The normalized spacial score (nSPS) is 25.5. The summed E-state index contributed by atoms with van der Waals surface area (Å²) in [5.74, 6) is 0.122. The molecule has 17 heavy (non-hydrogen) atoms. The lowest BCUT2D eigenvalue weighted by Crippen LogP contribution is -2.47. The fourth-order valence-corrected chi connectivity index (χ4v) is 2.85. The van der Waals surface area contributed by atoms with E-state index in [2.05, 4.69) is 17.3 Å². The number of nitrogens with zero attached hydrogens (tertiary/aromatic N) is 1. The fourth-order valence-electron chi connectivity index (χ4n) is 2.85. The van der Waals surface area contributed by atoms with Crippen LogP contribution < -0.4 is 5.32 Å². The average molecular weight is 240 g/mol. The van der Waals surface area contributed by atoms with Crippen molar-refractivity contribution in [3.05, 3.63) is 0 Å². The zero-order valence-corrected chi connectivity index (χ0v) is 10.7. The van der Waals surface area contributed by atoms with Gasteiger partial charge in [0, 0.05) is 6.54 Å². The number of rotatable bonds is 5. The molecule has 1 saturated heterocycles. The molecule has 0 unspecified atom stereocenters. The lowest BCUT2D eigenvalue weighted by molar-refractivity contribution is -0.154. The number of piperidine rings is 1. The van der Waals surface area contributed by atoms with Crippen molar-refractivity contribution >= 4 is 5.97 Å². The summed E-state index contributed by atoms with van der Waals surface area (Å²) >= 11 is 0. The van der Waals surface area contributed by atoms with E-state index in [1.165, 1.54) is 25.9 Å². The van der Waals surface area contributed by atoms with Crippen molar-refractivity contribution in [3.63, 3.8) is 0 Å². The van der Waals surface area contributed by atoms with Crippen molar-refractivity contribution < 1.29 is 9.90 Å². The van der Waals surface area contributed by atoms with E-state index in [-0.39, 0.29) is 0 Å². The number of nitrogens with one attached hydrogen (secondary N) is 1. The van der Waals surface area contributed by atoms with E-state index in [4.69, 9.17) is 0 Å². The van der Waals surface area contributed by atoms with E-state index in [9.17, 15) is 9.90 Å². The van der Waals surface area contributed by atoms with Crippen LogP contribution in [0.1, 0.15) is 32.1 Å². The van der Waals surface area contributed by atoms with Crippen LogP contribution >= 0.6 is 0 Å². The minimum Gasteiger partial charge on any atom is -0.481 e. The summed E-state index contributed by atoms with van der Waals surface area (Å²) in [6.07, 6.45) is 5.25. The molecule has 0 amide bonds. The van der Waals surface area contributed by atoms with Gasteiger partial charge >= 0.3 is 5.97 Å². The number of carboxylic acids is 1. The maximum Gasteiger partial charge on any atom is 0.310 e. The Hall–Kier alpha value is -0.610. The van der Waals surface area contributed by atoms with Crippen LogP contribution in [0.4, 0.5) is 0 Å². The molecule has 0 aromatic heterocycles. The molecule has 0 aromatic carbocycles. The summed E-state index contributed by atoms with van der Waals surface area (Å²) in [5, 5.41) is 12.6. The predicted molar refractivity (Wildman–Crippen MR) is 67.0 cm³/mol. The molecule has 1 aliphatic carbocycles. The van der Waals surface area contributed by atoms with Gasteiger partial charge in [0.05, 0.1) is 5.41 Å². The Morgan fingerprint density at radius 1 is 1.41 bits per heavy atom. The molecule has 4 heteroatoms. The molecule has 4 nitrogen and oxygen atoms in total. The van der Waals surface area contributed by atoms with Gasteiger partial charge in [-0.3, -0.25) is 4.79 Å². The van der Waals surface area contributed by atoms with E-state index < -0.39 is 11.4 Å². The maximum absolute atomic E-state index is 11.2. The third kappa shape index (κ3) is 2.99. The minimum absolute atomic E-state index is 0.439. The van der Waals surface area contributed by atoms with Crippen LogP contribution in [0.25, 0.3) is 0 Å². The van der Waals surface area contributed by atoms with Gasteiger partial charge in [0.25, 0.3) is 0 Å². The summed E-state index contributed by atoms with van der Waals surface area (Å²) in [6.45, 7) is 4.00. The molecule has 0 bridgehead atoms. The van der Waals surface area contributed by atoms with Gasteiger partial charge in [0.2, 0.25) is 0 Å². The summed E-state index contributed by atoms with van der Waals surface area (Å²) in [4.78, 5) is 13.5. The van der Waals surface area contributed by atoms with Crippen LogP contribution in [-0.4, -0.2) is 49.2 Å². The van der Waals surface area contributed by atoms with Crippen molar-refractivity contribution in [2.75, 3.05) is 33.2 Å². The summed E-state index contributed by atoms with van der Waals surface area (Å²) < 4.78 is 0. The van der Waals surface area contributed by atoms with Crippen molar-refractivity contribution in [2.24, 2.45) is 11.3 Å². The van der Waals surface area contributed by atoms with Crippen molar-refractivity contribution in [2.45, 2.75) is 32.1 Å². The largest absolute Gasteiger partial charge is 0.481 e. The van der Waals surface area contributed by atoms with Gasteiger partial charge in [0.1, 0.15) is 0 Å². The van der Waals surface area contributed by atoms with Gasteiger partial charge in [-0.15, -0.1) is 0 Å². The molecule has 2 N–H and O–H groups in total. The van der Waals surface area contributed by atoms with E-state index in [1.54, 1.807) is 0 Å². The van der Waals surface area contributed by atoms with Crippen LogP contribution in [0.5, 0.6) is 0 Å². The monoisotopic (exact) mass is 240 g/mol. The number of carboxylic acid groups (broad SMARTS) is 1. The van der Waals surface area contributed by atoms with Crippen LogP contribution in [0.15, 0.2) is 0 Å². The van der Waals surface area contributed by atoms with E-state index >= 15 is 0 Å². The molecular weight excluding hydrogens is 216 g/mol. The molecule has 0 spiro atoms. The van der Waals surface area contributed by atoms with E-state index in [0.717, 1.165) is 31.7 Å². The van der Waals surface area contributed by atoms with Crippen LogP contribution in [0, 0.1) is 11.3 Å². The Morgan fingerprint density at radius 3 is 2.53 bits per heavy atom. The molecular formula is C13H24N2O2. The first-order chi connectivity index (χ1) is 8.12. The summed E-state index contributed by atoms with van der Waals surface area (Å²) in [6, 6.07) is 0. The molecule has 1 saturated carbocycles. The molecule has 0 radical (unpaired) electrons. The Kier molecular flexibility index (Phi) is 4.05. The lowest BCUT2D eigenvalue weighted by Gasteiger charge is -2.38. The highest BCUT2D eigenvalue weighted by atomic mass is 16.4. The van der Waals surface area contributed by atoms with Gasteiger partial charge in [-0.1, -0.05) is 6.42 Å². The highest BCUT2D eigenvalue weighted by Crippen LogP contribution is 2.40. The Balaban J connectivity index is 1.67. The number of hydrogen-bond donors (Lipinski definition) is 2. The van der Waals surface area contributed by atoms with Crippen molar-refractivity contribution in [3.8, 4) is 0 Å². The highest BCUT2D eigenvalue weighted by molar-refractivity contribution is 5.76. The molecule has 2 fully saturated rings.